The number of aromatic nitrogens is 2. The number of rotatable bonds is 10. The van der Waals surface area contributed by atoms with Gasteiger partial charge < -0.3 is 15.0 Å². The van der Waals surface area contributed by atoms with Crippen LogP contribution < -0.4 is 10.2 Å². The number of hydrogen-bond donors (Lipinski definition) is 1. The normalized spacial score (nSPS) is 17.3. The second kappa shape index (κ2) is 13.4. The Balaban J connectivity index is 1.24. The monoisotopic (exact) mass is 517 g/mol. The Morgan fingerprint density at radius 3 is 2.66 bits per heavy atom. The van der Waals surface area contributed by atoms with Crippen LogP contribution in [0.2, 0.25) is 5.15 Å². The largest absolute Gasteiger partial charge is 0.379 e. The molecule has 2 aromatic rings. The van der Waals surface area contributed by atoms with Gasteiger partial charge in [-0.25, -0.2) is 9.97 Å². The predicted molar refractivity (Wildman–Crippen MR) is 143 cm³/mol. The highest BCUT2D eigenvalue weighted by molar-refractivity contribution is 7.98. The van der Waals surface area contributed by atoms with Gasteiger partial charge in [-0.05, 0) is 43.5 Å². The van der Waals surface area contributed by atoms with Gasteiger partial charge in [-0.1, -0.05) is 54.8 Å². The molecule has 1 aromatic heterocycles. The maximum absolute atomic E-state index is 12.5. The summed E-state index contributed by atoms with van der Waals surface area (Å²) in [7, 11) is 2.11. The molecule has 1 saturated heterocycles. The summed E-state index contributed by atoms with van der Waals surface area (Å²) < 4.78 is 5.37. The van der Waals surface area contributed by atoms with Gasteiger partial charge in [0, 0.05) is 50.1 Å². The molecule has 1 aliphatic heterocycles. The van der Waals surface area contributed by atoms with Crippen LogP contribution in [0.15, 0.2) is 35.5 Å². The first-order chi connectivity index (χ1) is 17.1. The summed E-state index contributed by atoms with van der Waals surface area (Å²) in [6.07, 6.45) is 7.22. The number of nitrogens with one attached hydrogen (secondary N) is 1. The van der Waals surface area contributed by atoms with Crippen LogP contribution >= 0.6 is 23.4 Å². The molecule has 1 amide bonds. The van der Waals surface area contributed by atoms with E-state index in [1.807, 2.05) is 30.3 Å². The average Bonchev–Trinajstić information content (AvgIpc) is 2.90. The van der Waals surface area contributed by atoms with Crippen LogP contribution in [0.4, 0.5) is 5.82 Å². The van der Waals surface area contributed by atoms with Gasteiger partial charge in [-0.3, -0.25) is 9.69 Å². The van der Waals surface area contributed by atoms with Crippen LogP contribution in [-0.4, -0.2) is 73.3 Å². The van der Waals surface area contributed by atoms with Crippen molar-refractivity contribution in [1.29, 1.82) is 0 Å². The first-order valence-corrected chi connectivity index (χ1v) is 14.0. The third-order valence-corrected chi connectivity index (χ3v) is 7.88. The van der Waals surface area contributed by atoms with E-state index in [0.29, 0.717) is 34.2 Å². The third kappa shape index (κ3) is 8.07. The molecule has 7 nitrogen and oxygen atoms in total. The van der Waals surface area contributed by atoms with Gasteiger partial charge in [0.1, 0.15) is 11.0 Å². The van der Waals surface area contributed by atoms with E-state index in [4.69, 9.17) is 21.3 Å². The predicted octanol–water partition coefficient (Wildman–Crippen LogP) is 4.64. The quantitative estimate of drug-likeness (QED) is 0.213. The highest BCUT2D eigenvalue weighted by Crippen LogP contribution is 2.28. The molecule has 2 fully saturated rings. The second-order valence-corrected chi connectivity index (χ2v) is 10.6. The maximum Gasteiger partial charge on any atom is 0.251 e. The lowest BCUT2D eigenvalue weighted by Gasteiger charge is -2.32. The smallest absolute Gasteiger partial charge is 0.251 e. The zero-order chi connectivity index (χ0) is 24.5. The first kappa shape index (κ1) is 26.2. The van der Waals surface area contributed by atoms with E-state index in [2.05, 4.69) is 27.1 Å². The van der Waals surface area contributed by atoms with Gasteiger partial charge in [0.15, 0.2) is 5.16 Å². The van der Waals surface area contributed by atoms with E-state index in [1.165, 1.54) is 32.1 Å². The molecule has 190 valence electrons. The minimum Gasteiger partial charge on any atom is -0.379 e. The lowest BCUT2D eigenvalue weighted by atomic mass is 9.94. The molecular weight excluding hydrogens is 482 g/mol. The van der Waals surface area contributed by atoms with Gasteiger partial charge in [0.25, 0.3) is 5.91 Å². The fraction of sp³-hybridized carbons (Fsp3) is 0.577. The van der Waals surface area contributed by atoms with Crippen LogP contribution in [0, 0.1) is 0 Å². The van der Waals surface area contributed by atoms with Crippen LogP contribution in [-0.2, 0) is 10.5 Å². The van der Waals surface area contributed by atoms with Crippen LogP contribution in [0.1, 0.15) is 54.4 Å². The van der Waals surface area contributed by atoms with Gasteiger partial charge >= 0.3 is 0 Å². The number of carbonyl (C=O) groups excluding carboxylic acids is 1. The molecule has 2 aliphatic rings. The summed E-state index contributed by atoms with van der Waals surface area (Å²) in [4.78, 5) is 26.3. The Labute approximate surface area is 218 Å². The molecule has 4 rings (SSSR count). The van der Waals surface area contributed by atoms with E-state index in [-0.39, 0.29) is 5.91 Å². The molecule has 35 heavy (non-hydrogen) atoms. The van der Waals surface area contributed by atoms with Crippen molar-refractivity contribution < 1.29 is 9.53 Å². The molecular formula is C26H36ClN5O2S. The van der Waals surface area contributed by atoms with Crippen molar-refractivity contribution in [1.82, 2.24) is 20.2 Å². The third-order valence-electron chi connectivity index (χ3n) is 6.77. The Kier molecular flexibility index (Phi) is 10.1. The number of ether oxygens (including phenoxy) is 1. The molecule has 9 heteroatoms. The standard InChI is InChI=1S/C26H36ClN5O2S/c1-31(22-6-3-2-4-7-22)24-18-23(27)29-26(30-24)35-19-20-8-10-21(11-9-20)25(33)28-12-5-13-32-14-16-34-17-15-32/h8-11,18,22H,2-7,12-17,19H2,1H3,(H,28,33). The average molecular weight is 518 g/mol. The summed E-state index contributed by atoms with van der Waals surface area (Å²) in [5, 5.41) is 4.18. The highest BCUT2D eigenvalue weighted by atomic mass is 35.5. The molecule has 1 aromatic carbocycles. The zero-order valence-corrected chi connectivity index (χ0v) is 22.1. The minimum absolute atomic E-state index is 0.0280. The molecule has 0 atom stereocenters. The first-order valence-electron chi connectivity index (χ1n) is 12.7. The number of hydrogen-bond acceptors (Lipinski definition) is 7. The zero-order valence-electron chi connectivity index (χ0n) is 20.5. The summed E-state index contributed by atoms with van der Waals surface area (Å²) in [6, 6.07) is 10.1. The summed E-state index contributed by atoms with van der Waals surface area (Å²) in [5.74, 6) is 1.58. The van der Waals surface area contributed by atoms with Crippen molar-refractivity contribution >= 4 is 35.1 Å². The lowest BCUT2D eigenvalue weighted by molar-refractivity contribution is 0.0374. The number of nitrogens with zero attached hydrogens (tertiary/aromatic N) is 4. The van der Waals surface area contributed by atoms with Crippen LogP contribution in [0.3, 0.4) is 0 Å². The Bertz CT molecular complexity index is 949. The van der Waals surface area contributed by atoms with Crippen molar-refractivity contribution in [2.24, 2.45) is 0 Å². The van der Waals surface area contributed by atoms with Crippen molar-refractivity contribution in [3.8, 4) is 0 Å². The Hall–Kier alpha value is -1.87. The fourth-order valence-electron chi connectivity index (χ4n) is 4.62. The molecule has 2 heterocycles. The summed E-state index contributed by atoms with van der Waals surface area (Å²) in [5.41, 5.74) is 1.80. The molecule has 0 unspecified atom stereocenters. The van der Waals surface area contributed by atoms with Crippen LogP contribution in [0.5, 0.6) is 0 Å². The molecule has 1 N–H and O–H groups in total. The number of halogens is 1. The number of anilines is 1. The van der Waals surface area contributed by atoms with Gasteiger partial charge in [0.05, 0.1) is 13.2 Å². The van der Waals surface area contributed by atoms with Crippen molar-refractivity contribution in [2.75, 3.05) is 51.3 Å². The van der Waals surface area contributed by atoms with E-state index in [0.717, 1.165) is 50.7 Å². The van der Waals surface area contributed by atoms with Crippen molar-refractivity contribution in [3.63, 3.8) is 0 Å². The van der Waals surface area contributed by atoms with Gasteiger partial charge in [0.2, 0.25) is 0 Å². The molecule has 0 bridgehead atoms. The lowest BCUT2D eigenvalue weighted by Crippen LogP contribution is -2.38. The van der Waals surface area contributed by atoms with E-state index in [1.54, 1.807) is 11.8 Å². The van der Waals surface area contributed by atoms with Crippen molar-refractivity contribution in [3.05, 3.63) is 46.6 Å². The summed E-state index contributed by atoms with van der Waals surface area (Å²) >= 11 is 7.89. The van der Waals surface area contributed by atoms with Gasteiger partial charge in [-0.15, -0.1) is 0 Å². The number of benzene rings is 1. The molecule has 0 spiro atoms. The number of amides is 1. The Morgan fingerprint density at radius 2 is 1.91 bits per heavy atom. The molecule has 1 saturated carbocycles. The van der Waals surface area contributed by atoms with Crippen molar-refractivity contribution in [2.45, 2.75) is 55.5 Å². The number of morpholine rings is 1. The second-order valence-electron chi connectivity index (χ2n) is 9.28. The van der Waals surface area contributed by atoms with E-state index >= 15 is 0 Å². The minimum atomic E-state index is -0.0280. The SMILES string of the molecule is CN(c1cc(Cl)nc(SCc2ccc(C(=O)NCCCN3CCOCC3)cc2)n1)C1CCCCC1. The number of thioether (sulfide) groups is 1. The molecule has 1 aliphatic carbocycles. The van der Waals surface area contributed by atoms with E-state index in [9.17, 15) is 4.79 Å². The fourth-order valence-corrected chi connectivity index (χ4v) is 5.65. The summed E-state index contributed by atoms with van der Waals surface area (Å²) in [6.45, 7) is 5.23. The van der Waals surface area contributed by atoms with Gasteiger partial charge in [-0.2, -0.15) is 0 Å². The number of carbonyl (C=O) groups is 1. The highest BCUT2D eigenvalue weighted by Gasteiger charge is 2.20. The maximum atomic E-state index is 12.5. The van der Waals surface area contributed by atoms with Crippen LogP contribution in [0.25, 0.3) is 0 Å². The topological polar surface area (TPSA) is 70.6 Å². The Morgan fingerprint density at radius 1 is 1.17 bits per heavy atom. The van der Waals surface area contributed by atoms with E-state index < -0.39 is 0 Å². The molecule has 0 radical (unpaired) electrons.